The van der Waals surface area contributed by atoms with Gasteiger partial charge in [-0.3, -0.25) is 10.1 Å². The molecular formula is C16H33NO3. The van der Waals surface area contributed by atoms with Crippen LogP contribution in [0.3, 0.4) is 0 Å². The van der Waals surface area contributed by atoms with Crippen LogP contribution < -0.4 is 5.32 Å². The van der Waals surface area contributed by atoms with Crippen molar-refractivity contribution in [1.29, 1.82) is 0 Å². The molecule has 0 rings (SSSR count). The van der Waals surface area contributed by atoms with Gasteiger partial charge in [-0.05, 0) is 33.6 Å². The minimum absolute atomic E-state index is 0.148. The van der Waals surface area contributed by atoms with Gasteiger partial charge in [0.15, 0.2) is 0 Å². The lowest BCUT2D eigenvalue weighted by atomic mass is 9.97. The SMILES string of the molecule is CCCCCCCCOCCC(C)(NC(C)C)C(=O)O. The van der Waals surface area contributed by atoms with Crippen LogP contribution in [0.5, 0.6) is 0 Å². The van der Waals surface area contributed by atoms with Crippen LogP contribution in [-0.4, -0.2) is 35.9 Å². The third-order valence-corrected chi connectivity index (χ3v) is 3.47. The van der Waals surface area contributed by atoms with E-state index in [4.69, 9.17) is 4.74 Å². The fourth-order valence-electron chi connectivity index (χ4n) is 2.24. The number of carboxylic acids is 1. The molecule has 1 unspecified atom stereocenters. The highest BCUT2D eigenvalue weighted by atomic mass is 16.5. The number of hydrogen-bond donors (Lipinski definition) is 2. The minimum Gasteiger partial charge on any atom is -0.480 e. The summed E-state index contributed by atoms with van der Waals surface area (Å²) < 4.78 is 5.56. The molecular weight excluding hydrogens is 254 g/mol. The molecule has 0 aliphatic heterocycles. The number of carbonyl (C=O) groups is 1. The van der Waals surface area contributed by atoms with Gasteiger partial charge in [-0.15, -0.1) is 0 Å². The fourth-order valence-corrected chi connectivity index (χ4v) is 2.24. The Morgan fingerprint density at radius 1 is 1.15 bits per heavy atom. The lowest BCUT2D eigenvalue weighted by molar-refractivity contribution is -0.145. The quantitative estimate of drug-likeness (QED) is 0.508. The van der Waals surface area contributed by atoms with Gasteiger partial charge >= 0.3 is 5.97 Å². The maximum absolute atomic E-state index is 11.3. The molecule has 4 heteroatoms. The normalized spacial score (nSPS) is 14.4. The van der Waals surface area contributed by atoms with Crippen molar-refractivity contribution in [3.05, 3.63) is 0 Å². The van der Waals surface area contributed by atoms with Crippen molar-refractivity contribution in [3.8, 4) is 0 Å². The minimum atomic E-state index is -0.894. The van der Waals surface area contributed by atoms with Gasteiger partial charge in [0.25, 0.3) is 0 Å². The Hall–Kier alpha value is -0.610. The molecule has 0 heterocycles. The Kier molecular flexibility index (Phi) is 10.8. The van der Waals surface area contributed by atoms with Crippen molar-refractivity contribution in [2.24, 2.45) is 0 Å². The topological polar surface area (TPSA) is 58.6 Å². The van der Waals surface area contributed by atoms with Crippen LogP contribution in [0.15, 0.2) is 0 Å². The highest BCUT2D eigenvalue weighted by Crippen LogP contribution is 2.12. The molecule has 0 aromatic heterocycles. The van der Waals surface area contributed by atoms with E-state index in [1.807, 2.05) is 13.8 Å². The zero-order valence-electron chi connectivity index (χ0n) is 13.7. The fraction of sp³-hybridized carbons (Fsp3) is 0.938. The smallest absolute Gasteiger partial charge is 0.323 e. The van der Waals surface area contributed by atoms with Gasteiger partial charge in [0.2, 0.25) is 0 Å². The van der Waals surface area contributed by atoms with Crippen LogP contribution in [0.2, 0.25) is 0 Å². The van der Waals surface area contributed by atoms with Gasteiger partial charge in [0.05, 0.1) is 0 Å². The molecule has 0 radical (unpaired) electrons. The van der Waals surface area contributed by atoms with E-state index in [9.17, 15) is 9.90 Å². The van der Waals surface area contributed by atoms with E-state index >= 15 is 0 Å². The van der Waals surface area contributed by atoms with Crippen LogP contribution in [-0.2, 0) is 9.53 Å². The molecule has 0 bridgehead atoms. The second-order valence-corrected chi connectivity index (χ2v) is 6.07. The summed E-state index contributed by atoms with van der Waals surface area (Å²) in [5, 5.41) is 12.4. The van der Waals surface area contributed by atoms with Crippen LogP contribution in [0.4, 0.5) is 0 Å². The van der Waals surface area contributed by atoms with E-state index in [0.29, 0.717) is 13.0 Å². The summed E-state index contributed by atoms with van der Waals surface area (Å²) >= 11 is 0. The Morgan fingerprint density at radius 2 is 1.75 bits per heavy atom. The van der Waals surface area contributed by atoms with Gasteiger partial charge in [-0.1, -0.05) is 39.0 Å². The molecule has 120 valence electrons. The van der Waals surface area contributed by atoms with Crippen LogP contribution in [0.25, 0.3) is 0 Å². The molecule has 0 aromatic rings. The number of rotatable bonds is 13. The van der Waals surface area contributed by atoms with E-state index in [0.717, 1.165) is 13.0 Å². The Labute approximate surface area is 124 Å². The molecule has 2 N–H and O–H groups in total. The summed E-state index contributed by atoms with van der Waals surface area (Å²) in [4.78, 5) is 11.3. The number of unbranched alkanes of at least 4 members (excludes halogenated alkanes) is 5. The third kappa shape index (κ3) is 9.32. The van der Waals surface area contributed by atoms with E-state index in [1.54, 1.807) is 6.92 Å². The van der Waals surface area contributed by atoms with Crippen molar-refractivity contribution >= 4 is 5.97 Å². The zero-order chi connectivity index (χ0) is 15.4. The average Bonchev–Trinajstić information content (AvgIpc) is 2.35. The van der Waals surface area contributed by atoms with Gasteiger partial charge in [-0.25, -0.2) is 0 Å². The van der Waals surface area contributed by atoms with Crippen molar-refractivity contribution < 1.29 is 14.6 Å². The molecule has 1 atom stereocenters. The number of hydrogen-bond acceptors (Lipinski definition) is 3. The molecule has 0 aliphatic carbocycles. The average molecular weight is 287 g/mol. The summed E-state index contributed by atoms with van der Waals surface area (Å²) in [6, 6.07) is 0.148. The van der Waals surface area contributed by atoms with Crippen LogP contribution >= 0.6 is 0 Å². The van der Waals surface area contributed by atoms with Gasteiger partial charge in [0, 0.05) is 19.3 Å². The van der Waals surface area contributed by atoms with Crippen molar-refractivity contribution in [2.75, 3.05) is 13.2 Å². The first-order valence-corrected chi connectivity index (χ1v) is 8.01. The lowest BCUT2D eigenvalue weighted by Crippen LogP contribution is -2.53. The lowest BCUT2D eigenvalue weighted by Gasteiger charge is -2.28. The van der Waals surface area contributed by atoms with E-state index in [1.165, 1.54) is 32.1 Å². The van der Waals surface area contributed by atoms with Crippen molar-refractivity contribution in [1.82, 2.24) is 5.32 Å². The van der Waals surface area contributed by atoms with Gasteiger partial charge < -0.3 is 9.84 Å². The van der Waals surface area contributed by atoms with Gasteiger partial charge in [0.1, 0.15) is 5.54 Å². The molecule has 0 aliphatic rings. The highest BCUT2D eigenvalue weighted by molar-refractivity contribution is 5.78. The second-order valence-electron chi connectivity index (χ2n) is 6.07. The number of ether oxygens (including phenoxy) is 1. The van der Waals surface area contributed by atoms with E-state index in [2.05, 4.69) is 12.2 Å². The number of aliphatic carboxylic acids is 1. The summed E-state index contributed by atoms with van der Waals surface area (Å²) in [6.45, 7) is 9.09. The molecule has 0 saturated carbocycles. The predicted molar refractivity (Wildman–Crippen MR) is 83.1 cm³/mol. The summed E-state index contributed by atoms with van der Waals surface area (Å²) in [6.07, 6.45) is 7.96. The Bertz CT molecular complexity index is 256. The van der Waals surface area contributed by atoms with Gasteiger partial charge in [-0.2, -0.15) is 0 Å². The highest BCUT2D eigenvalue weighted by Gasteiger charge is 2.32. The summed E-state index contributed by atoms with van der Waals surface area (Å²) in [5.74, 6) is -0.811. The zero-order valence-corrected chi connectivity index (χ0v) is 13.7. The maximum atomic E-state index is 11.3. The van der Waals surface area contributed by atoms with E-state index in [-0.39, 0.29) is 6.04 Å². The molecule has 0 fully saturated rings. The number of nitrogens with one attached hydrogen (secondary N) is 1. The third-order valence-electron chi connectivity index (χ3n) is 3.47. The number of carboxylic acid groups (broad SMARTS) is 1. The first-order valence-electron chi connectivity index (χ1n) is 8.01. The summed E-state index contributed by atoms with van der Waals surface area (Å²) in [7, 11) is 0. The first kappa shape index (κ1) is 19.4. The molecule has 0 aromatic carbocycles. The Morgan fingerprint density at radius 3 is 2.30 bits per heavy atom. The van der Waals surface area contributed by atoms with Crippen molar-refractivity contribution in [2.45, 2.75) is 84.2 Å². The molecule has 0 spiro atoms. The molecule has 0 saturated heterocycles. The monoisotopic (exact) mass is 287 g/mol. The van der Waals surface area contributed by atoms with Crippen LogP contribution in [0, 0.1) is 0 Å². The molecule has 0 amide bonds. The maximum Gasteiger partial charge on any atom is 0.323 e. The molecule has 20 heavy (non-hydrogen) atoms. The summed E-state index contributed by atoms with van der Waals surface area (Å²) in [5.41, 5.74) is -0.894. The standard InChI is InChI=1S/C16H33NO3/c1-5-6-7-8-9-10-12-20-13-11-16(4,15(18)19)17-14(2)3/h14,17H,5-13H2,1-4H3,(H,18,19). The largest absolute Gasteiger partial charge is 0.480 e. The van der Waals surface area contributed by atoms with E-state index < -0.39 is 11.5 Å². The second kappa shape index (κ2) is 11.1. The molecule has 4 nitrogen and oxygen atoms in total. The Balaban J connectivity index is 3.67. The van der Waals surface area contributed by atoms with Crippen molar-refractivity contribution in [3.63, 3.8) is 0 Å². The first-order chi connectivity index (χ1) is 9.42. The predicted octanol–water partition coefficient (Wildman–Crippen LogP) is 3.59. The van der Waals surface area contributed by atoms with Crippen LogP contribution in [0.1, 0.15) is 72.6 Å².